The van der Waals surface area contributed by atoms with E-state index in [4.69, 9.17) is 0 Å². The third-order valence-corrected chi connectivity index (χ3v) is 3.11. The molecule has 1 N–H and O–H groups in total. The smallest absolute Gasteiger partial charge is 0.272 e. The summed E-state index contributed by atoms with van der Waals surface area (Å²) >= 11 is 0. The van der Waals surface area contributed by atoms with Crippen molar-refractivity contribution in [3.05, 3.63) is 39.4 Å². The first-order chi connectivity index (χ1) is 8.97. The number of nitrogens with zero attached hydrogens (tertiary/aromatic N) is 2. The Morgan fingerprint density at radius 1 is 1.47 bits per heavy atom. The summed E-state index contributed by atoms with van der Waals surface area (Å²) in [6, 6.07) is 4.96. The number of likely N-dealkylation sites (N-methyl/N-ethyl adjacent to an activating group) is 1. The van der Waals surface area contributed by atoms with Gasteiger partial charge in [0.15, 0.2) is 0 Å². The quantitative estimate of drug-likeness (QED) is 0.624. The van der Waals surface area contributed by atoms with E-state index in [1.165, 1.54) is 6.07 Å². The second kappa shape index (κ2) is 6.84. The Balaban J connectivity index is 2.62. The lowest BCUT2D eigenvalue weighted by Crippen LogP contribution is -2.35. The summed E-state index contributed by atoms with van der Waals surface area (Å²) in [5.41, 5.74) is 1.58. The fourth-order valence-corrected chi connectivity index (χ4v) is 1.67. The molecule has 0 fully saturated rings. The molecule has 0 aliphatic carbocycles. The van der Waals surface area contributed by atoms with Gasteiger partial charge in [-0.05, 0) is 19.4 Å². The van der Waals surface area contributed by atoms with Crippen molar-refractivity contribution >= 4 is 11.6 Å². The summed E-state index contributed by atoms with van der Waals surface area (Å²) in [6.45, 7) is 4.96. The second-order valence-electron chi connectivity index (χ2n) is 4.33. The second-order valence-corrected chi connectivity index (χ2v) is 4.33. The van der Waals surface area contributed by atoms with Crippen LogP contribution in [0.15, 0.2) is 18.2 Å². The first-order valence-corrected chi connectivity index (χ1v) is 6.15. The maximum atomic E-state index is 11.6. The molecule has 0 radical (unpaired) electrons. The van der Waals surface area contributed by atoms with E-state index in [0.717, 1.165) is 5.56 Å². The standard InChI is InChI=1S/C13H19N3O3/c1-4-15(3)13(17)9-14-8-11-6-5-7-12(10(11)2)16(18)19/h5-7,14H,4,8-9H2,1-3H3. The molecule has 1 rings (SSSR count). The maximum Gasteiger partial charge on any atom is 0.272 e. The number of carbonyl (C=O) groups is 1. The van der Waals surface area contributed by atoms with Gasteiger partial charge in [0.05, 0.1) is 11.5 Å². The summed E-state index contributed by atoms with van der Waals surface area (Å²) in [7, 11) is 1.74. The van der Waals surface area contributed by atoms with Crippen molar-refractivity contribution in [3.8, 4) is 0 Å². The summed E-state index contributed by atoms with van der Waals surface area (Å²) in [4.78, 5) is 23.6. The lowest BCUT2D eigenvalue weighted by molar-refractivity contribution is -0.385. The molecule has 1 aromatic carbocycles. The first-order valence-electron chi connectivity index (χ1n) is 6.15. The van der Waals surface area contributed by atoms with Crippen molar-refractivity contribution in [2.45, 2.75) is 20.4 Å². The molecular formula is C13H19N3O3. The Hall–Kier alpha value is -1.95. The number of hydrogen-bond donors (Lipinski definition) is 1. The van der Waals surface area contributed by atoms with E-state index in [0.29, 0.717) is 18.7 Å². The Bertz CT molecular complexity index is 474. The van der Waals surface area contributed by atoms with Gasteiger partial charge < -0.3 is 10.2 Å². The van der Waals surface area contributed by atoms with E-state index in [-0.39, 0.29) is 18.1 Å². The summed E-state index contributed by atoms with van der Waals surface area (Å²) in [6.07, 6.45) is 0. The van der Waals surface area contributed by atoms with Gasteiger partial charge in [-0.25, -0.2) is 0 Å². The molecule has 0 heterocycles. The molecule has 0 saturated heterocycles. The molecule has 0 aromatic heterocycles. The Kier molecular flexibility index (Phi) is 5.44. The van der Waals surface area contributed by atoms with E-state index < -0.39 is 4.92 Å². The van der Waals surface area contributed by atoms with Crippen LogP contribution in [0.2, 0.25) is 0 Å². The number of carbonyl (C=O) groups excluding carboxylic acids is 1. The molecule has 0 unspecified atom stereocenters. The SMILES string of the molecule is CCN(C)C(=O)CNCc1cccc([N+](=O)[O-])c1C. The van der Waals surface area contributed by atoms with Crippen LogP contribution in [-0.4, -0.2) is 35.9 Å². The highest BCUT2D eigenvalue weighted by Gasteiger charge is 2.13. The van der Waals surface area contributed by atoms with Gasteiger partial charge in [0.2, 0.25) is 5.91 Å². The number of benzene rings is 1. The van der Waals surface area contributed by atoms with E-state index in [9.17, 15) is 14.9 Å². The van der Waals surface area contributed by atoms with Gasteiger partial charge in [0.25, 0.3) is 5.69 Å². The highest BCUT2D eigenvalue weighted by atomic mass is 16.6. The van der Waals surface area contributed by atoms with Gasteiger partial charge >= 0.3 is 0 Å². The van der Waals surface area contributed by atoms with Crippen LogP contribution in [0, 0.1) is 17.0 Å². The maximum absolute atomic E-state index is 11.6. The Morgan fingerprint density at radius 2 is 2.16 bits per heavy atom. The van der Waals surface area contributed by atoms with Crippen LogP contribution in [0.1, 0.15) is 18.1 Å². The fraction of sp³-hybridized carbons (Fsp3) is 0.462. The summed E-state index contributed by atoms with van der Waals surface area (Å²) in [5, 5.41) is 13.8. The number of nitro benzene ring substituents is 1. The lowest BCUT2D eigenvalue weighted by atomic mass is 10.1. The lowest BCUT2D eigenvalue weighted by Gasteiger charge is -2.15. The molecule has 1 aromatic rings. The molecule has 19 heavy (non-hydrogen) atoms. The van der Waals surface area contributed by atoms with E-state index in [2.05, 4.69) is 5.32 Å². The average Bonchev–Trinajstić information content (AvgIpc) is 2.39. The molecule has 0 aliphatic rings. The largest absolute Gasteiger partial charge is 0.345 e. The highest BCUT2D eigenvalue weighted by molar-refractivity contribution is 5.77. The number of hydrogen-bond acceptors (Lipinski definition) is 4. The van der Waals surface area contributed by atoms with Crippen LogP contribution in [0.25, 0.3) is 0 Å². The zero-order valence-corrected chi connectivity index (χ0v) is 11.5. The molecule has 0 bridgehead atoms. The third kappa shape index (κ3) is 4.03. The Morgan fingerprint density at radius 3 is 2.74 bits per heavy atom. The van der Waals surface area contributed by atoms with E-state index in [1.807, 2.05) is 13.0 Å². The number of nitrogens with one attached hydrogen (secondary N) is 1. The molecule has 0 saturated carbocycles. The highest BCUT2D eigenvalue weighted by Crippen LogP contribution is 2.20. The molecule has 1 amide bonds. The monoisotopic (exact) mass is 265 g/mol. The molecule has 6 heteroatoms. The van der Waals surface area contributed by atoms with Crippen LogP contribution >= 0.6 is 0 Å². The zero-order valence-electron chi connectivity index (χ0n) is 11.5. The Labute approximate surface area is 112 Å². The van der Waals surface area contributed by atoms with E-state index in [1.54, 1.807) is 24.9 Å². The zero-order chi connectivity index (χ0) is 14.4. The molecular weight excluding hydrogens is 246 g/mol. The van der Waals surface area contributed by atoms with Crippen molar-refractivity contribution in [2.75, 3.05) is 20.1 Å². The van der Waals surface area contributed by atoms with Gasteiger partial charge in [-0.1, -0.05) is 12.1 Å². The average molecular weight is 265 g/mol. The fourth-order valence-electron chi connectivity index (χ4n) is 1.67. The van der Waals surface area contributed by atoms with Crippen molar-refractivity contribution in [1.82, 2.24) is 10.2 Å². The minimum Gasteiger partial charge on any atom is -0.345 e. The minimum atomic E-state index is -0.394. The van der Waals surface area contributed by atoms with Gasteiger partial charge in [-0.2, -0.15) is 0 Å². The number of amides is 1. The van der Waals surface area contributed by atoms with Crippen molar-refractivity contribution in [3.63, 3.8) is 0 Å². The van der Waals surface area contributed by atoms with E-state index >= 15 is 0 Å². The normalized spacial score (nSPS) is 10.3. The molecule has 104 valence electrons. The van der Waals surface area contributed by atoms with Gasteiger partial charge in [0, 0.05) is 31.8 Å². The van der Waals surface area contributed by atoms with Gasteiger partial charge in [-0.3, -0.25) is 14.9 Å². The van der Waals surface area contributed by atoms with Gasteiger partial charge in [-0.15, -0.1) is 0 Å². The van der Waals surface area contributed by atoms with Crippen molar-refractivity contribution in [2.24, 2.45) is 0 Å². The molecule has 6 nitrogen and oxygen atoms in total. The topological polar surface area (TPSA) is 75.5 Å². The van der Waals surface area contributed by atoms with Crippen molar-refractivity contribution < 1.29 is 9.72 Å². The van der Waals surface area contributed by atoms with Crippen LogP contribution < -0.4 is 5.32 Å². The molecule has 0 atom stereocenters. The number of nitro groups is 1. The van der Waals surface area contributed by atoms with Crippen LogP contribution in [0.4, 0.5) is 5.69 Å². The summed E-state index contributed by atoms with van der Waals surface area (Å²) in [5.74, 6) is 0.00517. The molecule has 0 aliphatic heterocycles. The van der Waals surface area contributed by atoms with Crippen molar-refractivity contribution in [1.29, 1.82) is 0 Å². The first kappa shape index (κ1) is 15.1. The van der Waals surface area contributed by atoms with Gasteiger partial charge in [0.1, 0.15) is 0 Å². The summed E-state index contributed by atoms with van der Waals surface area (Å²) < 4.78 is 0. The molecule has 0 spiro atoms. The third-order valence-electron chi connectivity index (χ3n) is 3.11. The number of rotatable bonds is 6. The predicted octanol–water partition coefficient (Wildman–Crippen LogP) is 1.47. The van der Waals surface area contributed by atoms with Crippen LogP contribution in [-0.2, 0) is 11.3 Å². The minimum absolute atomic E-state index is 0.00517. The van der Waals surface area contributed by atoms with Crippen LogP contribution in [0.3, 0.4) is 0 Å². The van der Waals surface area contributed by atoms with Crippen LogP contribution in [0.5, 0.6) is 0 Å². The predicted molar refractivity (Wildman–Crippen MR) is 72.9 cm³/mol.